The summed E-state index contributed by atoms with van der Waals surface area (Å²) in [6.45, 7) is 4.05. The van der Waals surface area contributed by atoms with Crippen LogP contribution < -0.4 is 5.73 Å². The van der Waals surface area contributed by atoms with Gasteiger partial charge in [-0.3, -0.25) is 4.68 Å². The fourth-order valence-corrected chi connectivity index (χ4v) is 2.35. The Morgan fingerprint density at radius 1 is 1.32 bits per heavy atom. The van der Waals surface area contributed by atoms with Gasteiger partial charge in [-0.2, -0.15) is 5.10 Å². The van der Waals surface area contributed by atoms with Gasteiger partial charge < -0.3 is 5.73 Å². The summed E-state index contributed by atoms with van der Waals surface area (Å²) in [5, 5.41) is 4.81. The van der Waals surface area contributed by atoms with Gasteiger partial charge >= 0.3 is 0 Å². The first-order valence-corrected chi connectivity index (χ1v) is 6.59. The van der Waals surface area contributed by atoms with Crippen LogP contribution in [0.2, 0.25) is 5.02 Å². The highest BCUT2D eigenvalue weighted by Crippen LogP contribution is 2.26. The molecule has 0 aliphatic heterocycles. The van der Waals surface area contributed by atoms with Gasteiger partial charge in [0.2, 0.25) is 0 Å². The Morgan fingerprint density at radius 2 is 1.95 bits per heavy atom. The molecule has 1 unspecified atom stereocenters. The molecule has 0 bridgehead atoms. The molecule has 2 aromatic rings. The zero-order valence-corrected chi connectivity index (χ0v) is 11.7. The minimum absolute atomic E-state index is 0.196. The Balaban J connectivity index is 2.22. The lowest BCUT2D eigenvalue weighted by Crippen LogP contribution is -2.20. The van der Waals surface area contributed by atoms with Crippen LogP contribution in [0.15, 0.2) is 30.5 Å². The standard InChI is InChI=1S/C14H17ClFN3/c1-9(2)19-14(12(15)8-18-19)13(17)7-10-3-5-11(16)6-4-10/h3-6,8-9,13H,7,17H2,1-2H3. The third kappa shape index (κ3) is 3.14. The van der Waals surface area contributed by atoms with Crippen LogP contribution in [0.4, 0.5) is 4.39 Å². The Hall–Kier alpha value is -1.39. The number of halogens is 2. The molecule has 1 heterocycles. The molecule has 2 N–H and O–H groups in total. The molecule has 1 aromatic carbocycles. The molecule has 1 atom stereocenters. The zero-order chi connectivity index (χ0) is 14.0. The summed E-state index contributed by atoms with van der Waals surface area (Å²) in [5.41, 5.74) is 8.00. The van der Waals surface area contributed by atoms with E-state index in [9.17, 15) is 4.39 Å². The van der Waals surface area contributed by atoms with Crippen LogP contribution in [0, 0.1) is 5.82 Å². The van der Waals surface area contributed by atoms with E-state index >= 15 is 0 Å². The number of hydrogen-bond acceptors (Lipinski definition) is 2. The van der Waals surface area contributed by atoms with Crippen molar-refractivity contribution in [3.63, 3.8) is 0 Å². The van der Waals surface area contributed by atoms with Crippen molar-refractivity contribution >= 4 is 11.6 Å². The molecule has 0 amide bonds. The lowest BCUT2D eigenvalue weighted by molar-refractivity contribution is 0.485. The van der Waals surface area contributed by atoms with Crippen LogP contribution in [-0.4, -0.2) is 9.78 Å². The summed E-state index contributed by atoms with van der Waals surface area (Å²) < 4.78 is 14.7. The minimum Gasteiger partial charge on any atom is -0.322 e. The monoisotopic (exact) mass is 281 g/mol. The van der Waals surface area contributed by atoms with Crippen molar-refractivity contribution in [3.05, 3.63) is 52.6 Å². The first kappa shape index (κ1) is 14.0. The Bertz CT molecular complexity index is 548. The summed E-state index contributed by atoms with van der Waals surface area (Å²) in [6.07, 6.45) is 2.21. The number of hydrogen-bond donors (Lipinski definition) is 1. The van der Waals surface area contributed by atoms with E-state index in [1.807, 2.05) is 18.5 Å². The third-order valence-corrected chi connectivity index (χ3v) is 3.29. The van der Waals surface area contributed by atoms with Crippen molar-refractivity contribution in [1.29, 1.82) is 0 Å². The Kier molecular flexibility index (Phi) is 4.22. The zero-order valence-electron chi connectivity index (χ0n) is 11.0. The number of nitrogens with zero attached hydrogens (tertiary/aromatic N) is 2. The summed E-state index contributed by atoms with van der Waals surface area (Å²) >= 11 is 6.15. The number of aromatic nitrogens is 2. The molecule has 2 rings (SSSR count). The minimum atomic E-state index is -0.261. The lowest BCUT2D eigenvalue weighted by atomic mass is 10.0. The van der Waals surface area contributed by atoms with Crippen LogP contribution in [0.1, 0.15) is 37.2 Å². The van der Waals surface area contributed by atoms with Crippen molar-refractivity contribution in [2.45, 2.75) is 32.4 Å². The van der Waals surface area contributed by atoms with E-state index < -0.39 is 0 Å². The van der Waals surface area contributed by atoms with Gasteiger partial charge in [-0.1, -0.05) is 23.7 Å². The molecule has 0 saturated carbocycles. The van der Waals surface area contributed by atoms with Crippen molar-refractivity contribution < 1.29 is 4.39 Å². The maximum Gasteiger partial charge on any atom is 0.123 e. The van der Waals surface area contributed by atoms with E-state index in [0.29, 0.717) is 11.4 Å². The maximum atomic E-state index is 12.9. The highest BCUT2D eigenvalue weighted by Gasteiger charge is 2.18. The van der Waals surface area contributed by atoms with Gasteiger partial charge in [0.05, 0.1) is 23.0 Å². The molecule has 0 saturated heterocycles. The lowest BCUT2D eigenvalue weighted by Gasteiger charge is -2.17. The molecule has 3 nitrogen and oxygen atoms in total. The maximum absolute atomic E-state index is 12.9. The van der Waals surface area contributed by atoms with Gasteiger partial charge in [-0.15, -0.1) is 0 Å². The smallest absolute Gasteiger partial charge is 0.123 e. The third-order valence-electron chi connectivity index (χ3n) is 3.00. The van der Waals surface area contributed by atoms with E-state index in [1.54, 1.807) is 18.3 Å². The van der Waals surface area contributed by atoms with Crippen LogP contribution in [0.25, 0.3) is 0 Å². The van der Waals surface area contributed by atoms with Crippen molar-refractivity contribution in [1.82, 2.24) is 9.78 Å². The molecule has 0 fully saturated rings. The van der Waals surface area contributed by atoms with Gasteiger partial charge in [0, 0.05) is 6.04 Å². The van der Waals surface area contributed by atoms with E-state index in [2.05, 4.69) is 5.10 Å². The average Bonchev–Trinajstić information content (AvgIpc) is 2.74. The average molecular weight is 282 g/mol. The topological polar surface area (TPSA) is 43.8 Å². The van der Waals surface area contributed by atoms with Crippen LogP contribution >= 0.6 is 11.6 Å². The quantitative estimate of drug-likeness (QED) is 0.932. The molecule has 0 aliphatic rings. The molecular formula is C14H17ClFN3. The Morgan fingerprint density at radius 3 is 2.53 bits per heavy atom. The van der Waals surface area contributed by atoms with E-state index in [-0.39, 0.29) is 17.9 Å². The first-order valence-electron chi connectivity index (χ1n) is 6.22. The van der Waals surface area contributed by atoms with Crippen LogP contribution in [0.3, 0.4) is 0 Å². The summed E-state index contributed by atoms with van der Waals surface area (Å²) in [5.74, 6) is -0.248. The second-order valence-electron chi connectivity index (χ2n) is 4.85. The first-order chi connectivity index (χ1) is 8.99. The fourth-order valence-electron chi connectivity index (χ4n) is 2.08. The van der Waals surface area contributed by atoms with Crippen LogP contribution in [-0.2, 0) is 6.42 Å². The second kappa shape index (κ2) is 5.72. The van der Waals surface area contributed by atoms with Crippen molar-refractivity contribution in [2.24, 2.45) is 5.73 Å². The van der Waals surface area contributed by atoms with Gasteiger partial charge in [0.1, 0.15) is 5.82 Å². The molecule has 0 aliphatic carbocycles. The fraction of sp³-hybridized carbons (Fsp3) is 0.357. The SMILES string of the molecule is CC(C)n1ncc(Cl)c1C(N)Cc1ccc(F)cc1. The molecule has 0 spiro atoms. The summed E-state index contributed by atoms with van der Waals surface area (Å²) in [6, 6.07) is 6.27. The Labute approximate surface area is 117 Å². The second-order valence-corrected chi connectivity index (χ2v) is 5.26. The number of benzene rings is 1. The van der Waals surface area contributed by atoms with Gasteiger partial charge in [-0.05, 0) is 38.0 Å². The molecular weight excluding hydrogens is 265 g/mol. The summed E-state index contributed by atoms with van der Waals surface area (Å²) in [4.78, 5) is 0. The van der Waals surface area contributed by atoms with Crippen molar-refractivity contribution in [2.75, 3.05) is 0 Å². The predicted octanol–water partition coefficient (Wildman–Crippen LogP) is 3.50. The normalized spacial score (nSPS) is 12.9. The molecule has 0 radical (unpaired) electrons. The predicted molar refractivity (Wildman–Crippen MR) is 74.7 cm³/mol. The van der Waals surface area contributed by atoms with E-state index in [1.165, 1.54) is 12.1 Å². The molecule has 19 heavy (non-hydrogen) atoms. The van der Waals surface area contributed by atoms with E-state index in [0.717, 1.165) is 11.3 Å². The van der Waals surface area contributed by atoms with Gasteiger partial charge in [-0.25, -0.2) is 4.39 Å². The van der Waals surface area contributed by atoms with Crippen LogP contribution in [0.5, 0.6) is 0 Å². The highest BCUT2D eigenvalue weighted by molar-refractivity contribution is 6.31. The largest absolute Gasteiger partial charge is 0.322 e. The van der Waals surface area contributed by atoms with E-state index in [4.69, 9.17) is 17.3 Å². The number of nitrogens with two attached hydrogens (primary N) is 1. The summed E-state index contributed by atoms with van der Waals surface area (Å²) in [7, 11) is 0. The van der Waals surface area contributed by atoms with Crippen molar-refractivity contribution in [3.8, 4) is 0 Å². The molecule has 102 valence electrons. The number of rotatable bonds is 4. The molecule has 1 aromatic heterocycles. The van der Waals surface area contributed by atoms with Gasteiger partial charge in [0.15, 0.2) is 0 Å². The highest BCUT2D eigenvalue weighted by atomic mass is 35.5. The van der Waals surface area contributed by atoms with Gasteiger partial charge in [0.25, 0.3) is 0 Å². The molecule has 5 heteroatoms.